The van der Waals surface area contributed by atoms with Crippen LogP contribution in [0.3, 0.4) is 0 Å². The van der Waals surface area contributed by atoms with Crippen molar-refractivity contribution < 1.29 is 23.5 Å². The van der Waals surface area contributed by atoms with Crippen LogP contribution in [-0.4, -0.2) is 104 Å². The zero-order valence-corrected chi connectivity index (χ0v) is 35.5. The standard InChI is InChI=1S/C47H57FN8O4/c1-28(2)55-27-49-38-24-37(51-42(41(38)55)50-36-12-8-7-11-35(36)48)29-13-14-34-39(21-29)56(31-22-30(23-31)52-17-9-6-10-18-52)44(58)47(34)15-19-53(20-16-47)43(57)40-32-25-54(26-33(32)40)45(59)60-46(3,4)5/h7-8,11-14,21,24,27-28,30-33,40H,6,9-10,15-20,22-23,25-26H2,1-5H3,(H,50,51). The van der Waals surface area contributed by atoms with Crippen molar-refractivity contribution in [3.63, 3.8) is 0 Å². The SMILES string of the molecule is CC(C)n1cnc2cc(-c3ccc4c(c3)N(C3CC(N5CCCCC5)C3)C(=O)C43CCN(C(=O)C4C5CN(C(=O)OC(C)(C)C)CC54)CC3)nc(Nc3ccccc3F)c21. The molecule has 0 bridgehead atoms. The normalized spacial score (nSPS) is 26.1. The summed E-state index contributed by atoms with van der Waals surface area (Å²) in [7, 11) is 0. The molecule has 13 heteroatoms. The van der Waals surface area contributed by atoms with E-state index in [-0.39, 0.29) is 53.6 Å². The van der Waals surface area contributed by atoms with Crippen LogP contribution in [0.15, 0.2) is 54.9 Å². The number of nitrogens with one attached hydrogen (secondary N) is 1. The molecule has 4 aromatic rings. The lowest BCUT2D eigenvalue weighted by Gasteiger charge is -2.48. The number of hydrogen-bond donors (Lipinski definition) is 1. The van der Waals surface area contributed by atoms with E-state index >= 15 is 9.18 Å². The van der Waals surface area contributed by atoms with E-state index in [1.165, 1.54) is 25.3 Å². The number of carbonyl (C=O) groups is 3. The summed E-state index contributed by atoms with van der Waals surface area (Å²) in [5.41, 5.74) is 4.13. The molecular weight excluding hydrogens is 760 g/mol. The first-order valence-electron chi connectivity index (χ1n) is 22.2. The summed E-state index contributed by atoms with van der Waals surface area (Å²) < 4.78 is 22.6. The highest BCUT2D eigenvalue weighted by molar-refractivity contribution is 6.09. The molecule has 0 radical (unpaired) electrons. The van der Waals surface area contributed by atoms with Gasteiger partial charge in [-0.1, -0.05) is 30.7 Å². The lowest BCUT2D eigenvalue weighted by Crippen LogP contribution is -2.58. The Morgan fingerprint density at radius 1 is 0.917 bits per heavy atom. The molecule has 12 nitrogen and oxygen atoms in total. The summed E-state index contributed by atoms with van der Waals surface area (Å²) in [4.78, 5) is 60.1. The maximum absolute atomic E-state index is 15.1. The Labute approximate surface area is 351 Å². The molecule has 2 aliphatic carbocycles. The highest BCUT2D eigenvalue weighted by Crippen LogP contribution is 2.55. The van der Waals surface area contributed by atoms with Gasteiger partial charge in [-0.05, 0) is 128 Å². The molecule has 1 spiro atoms. The van der Waals surface area contributed by atoms with Crippen molar-refractivity contribution in [3.05, 3.63) is 66.2 Å². The lowest BCUT2D eigenvalue weighted by atomic mass is 9.73. The minimum Gasteiger partial charge on any atom is -0.444 e. The number of nitrogens with zero attached hydrogens (tertiary/aromatic N) is 7. The van der Waals surface area contributed by atoms with Crippen LogP contribution < -0.4 is 10.2 Å². The van der Waals surface area contributed by atoms with E-state index in [1.54, 1.807) is 29.4 Å². The third-order valence-electron chi connectivity index (χ3n) is 14.4. The lowest BCUT2D eigenvalue weighted by molar-refractivity contribution is -0.137. The van der Waals surface area contributed by atoms with Gasteiger partial charge in [0.25, 0.3) is 0 Å². The number of pyridine rings is 1. The van der Waals surface area contributed by atoms with E-state index in [9.17, 15) is 9.59 Å². The molecule has 10 rings (SSSR count). The fourth-order valence-corrected chi connectivity index (χ4v) is 11.0. The number of amides is 3. The zero-order chi connectivity index (χ0) is 41.7. The highest BCUT2D eigenvalue weighted by atomic mass is 19.1. The van der Waals surface area contributed by atoms with Gasteiger partial charge in [0, 0.05) is 61.5 Å². The summed E-state index contributed by atoms with van der Waals surface area (Å²) >= 11 is 0. The molecule has 2 aromatic carbocycles. The maximum Gasteiger partial charge on any atom is 0.410 e. The van der Waals surface area contributed by atoms with Crippen LogP contribution in [0.25, 0.3) is 22.3 Å². The Balaban J connectivity index is 0.933. The van der Waals surface area contributed by atoms with Gasteiger partial charge in [-0.2, -0.15) is 0 Å². The molecule has 60 heavy (non-hydrogen) atoms. The van der Waals surface area contributed by atoms with E-state index in [0.717, 1.165) is 53.8 Å². The second-order valence-electron chi connectivity index (χ2n) is 19.5. The van der Waals surface area contributed by atoms with Crippen molar-refractivity contribution in [1.82, 2.24) is 29.2 Å². The number of fused-ring (bicyclic) bond motifs is 4. The number of aromatic nitrogens is 3. The molecule has 4 aliphatic heterocycles. The second-order valence-corrected chi connectivity index (χ2v) is 19.5. The number of likely N-dealkylation sites (tertiary alicyclic amines) is 3. The molecule has 2 atom stereocenters. The van der Waals surface area contributed by atoms with Crippen LogP contribution >= 0.6 is 0 Å². The number of anilines is 3. The number of para-hydroxylation sites is 1. The number of piperidine rings is 3. The summed E-state index contributed by atoms with van der Waals surface area (Å²) in [5, 5.41) is 3.28. The first-order valence-corrected chi connectivity index (χ1v) is 22.2. The predicted molar refractivity (Wildman–Crippen MR) is 229 cm³/mol. The van der Waals surface area contributed by atoms with E-state index in [1.807, 2.05) is 36.3 Å². The molecule has 3 saturated heterocycles. The first kappa shape index (κ1) is 39.1. The molecule has 2 unspecified atom stereocenters. The van der Waals surface area contributed by atoms with Crippen LogP contribution in [0.2, 0.25) is 0 Å². The number of ether oxygens (including phenoxy) is 1. The van der Waals surface area contributed by atoms with Crippen LogP contribution in [0.5, 0.6) is 0 Å². The van der Waals surface area contributed by atoms with E-state index < -0.39 is 11.0 Å². The van der Waals surface area contributed by atoms with Crippen LogP contribution in [0.1, 0.15) is 91.2 Å². The Hall–Kier alpha value is -5.04. The Kier molecular flexibility index (Phi) is 9.49. The zero-order valence-electron chi connectivity index (χ0n) is 35.5. The maximum atomic E-state index is 15.1. The minimum atomic E-state index is -0.710. The average molecular weight is 817 g/mol. The second kappa shape index (κ2) is 14.6. The molecular formula is C47H57FN8O4. The Morgan fingerprint density at radius 3 is 2.32 bits per heavy atom. The average Bonchev–Trinajstić information content (AvgIpc) is 3.48. The monoisotopic (exact) mass is 816 g/mol. The van der Waals surface area contributed by atoms with Gasteiger partial charge >= 0.3 is 6.09 Å². The molecule has 2 aromatic heterocycles. The molecule has 1 N–H and O–H groups in total. The third-order valence-corrected chi connectivity index (χ3v) is 14.4. The predicted octanol–water partition coefficient (Wildman–Crippen LogP) is 7.90. The quantitative estimate of drug-likeness (QED) is 0.200. The number of halogens is 1. The van der Waals surface area contributed by atoms with Gasteiger partial charge in [-0.15, -0.1) is 0 Å². The van der Waals surface area contributed by atoms with Crippen LogP contribution in [-0.2, 0) is 19.7 Å². The van der Waals surface area contributed by atoms with Gasteiger partial charge in [-0.25, -0.2) is 19.2 Å². The largest absolute Gasteiger partial charge is 0.444 e. The number of hydrogen-bond acceptors (Lipinski definition) is 8. The van der Waals surface area contributed by atoms with Gasteiger partial charge in [0.1, 0.15) is 16.9 Å². The summed E-state index contributed by atoms with van der Waals surface area (Å²) in [5.74, 6) is 0.730. The van der Waals surface area contributed by atoms with Crippen LogP contribution in [0.4, 0.5) is 26.4 Å². The summed E-state index contributed by atoms with van der Waals surface area (Å²) in [6, 6.07) is 15.6. The first-order chi connectivity index (χ1) is 28.8. The van der Waals surface area contributed by atoms with E-state index in [0.29, 0.717) is 62.3 Å². The number of benzene rings is 2. The molecule has 6 heterocycles. The Bertz CT molecular complexity index is 2340. The number of rotatable bonds is 7. The molecule has 316 valence electrons. The van der Waals surface area contributed by atoms with Crippen molar-refractivity contribution in [2.24, 2.45) is 17.8 Å². The van der Waals surface area contributed by atoms with Gasteiger partial charge in [0.15, 0.2) is 5.82 Å². The van der Waals surface area contributed by atoms with Crippen molar-refractivity contribution >= 4 is 46.1 Å². The fourth-order valence-electron chi connectivity index (χ4n) is 11.0. The van der Waals surface area contributed by atoms with Crippen molar-refractivity contribution in [3.8, 4) is 11.3 Å². The third kappa shape index (κ3) is 6.62. The topological polar surface area (TPSA) is 116 Å². The fraction of sp³-hybridized carbons (Fsp3) is 0.553. The minimum absolute atomic E-state index is 0.0698. The highest BCUT2D eigenvalue weighted by Gasteiger charge is 2.62. The van der Waals surface area contributed by atoms with E-state index in [4.69, 9.17) is 14.7 Å². The Morgan fingerprint density at radius 2 is 1.63 bits per heavy atom. The van der Waals surface area contributed by atoms with Gasteiger partial charge in [0.05, 0.1) is 28.6 Å². The molecule has 6 aliphatic rings. The molecule has 2 saturated carbocycles. The summed E-state index contributed by atoms with van der Waals surface area (Å²) in [6.07, 6.45) is 8.31. The number of imidazole rings is 1. The van der Waals surface area contributed by atoms with Crippen molar-refractivity contribution in [2.45, 2.75) is 109 Å². The molecule has 3 amide bonds. The van der Waals surface area contributed by atoms with E-state index in [2.05, 4.69) is 47.2 Å². The van der Waals surface area contributed by atoms with Crippen molar-refractivity contribution in [2.75, 3.05) is 49.5 Å². The van der Waals surface area contributed by atoms with Gasteiger partial charge in [-0.3, -0.25) is 9.59 Å². The summed E-state index contributed by atoms with van der Waals surface area (Å²) in [6.45, 7) is 14.2. The van der Waals surface area contributed by atoms with Crippen LogP contribution in [0, 0.1) is 23.6 Å². The smallest absolute Gasteiger partial charge is 0.410 e. The van der Waals surface area contributed by atoms with Gasteiger partial charge in [0.2, 0.25) is 11.8 Å². The molecule has 5 fully saturated rings. The number of carbonyl (C=O) groups excluding carboxylic acids is 3. The van der Waals surface area contributed by atoms with Gasteiger partial charge < -0.3 is 34.2 Å². The van der Waals surface area contributed by atoms with Crippen molar-refractivity contribution in [1.29, 1.82) is 0 Å².